The average Bonchev–Trinajstić information content (AvgIpc) is 2.46. The number of hydrogen-bond acceptors (Lipinski definition) is 2. The van der Waals surface area contributed by atoms with E-state index in [-0.39, 0.29) is 0 Å². The molecule has 0 spiro atoms. The fraction of sp³-hybridized carbons (Fsp3) is 0.625. The van der Waals surface area contributed by atoms with Crippen molar-refractivity contribution in [3.63, 3.8) is 0 Å². The van der Waals surface area contributed by atoms with Crippen LogP contribution in [0.2, 0.25) is 10.0 Å². The third-order valence-corrected chi connectivity index (χ3v) is 4.29. The second-order valence-electron chi connectivity index (χ2n) is 5.42. The minimum absolute atomic E-state index is 0.581. The van der Waals surface area contributed by atoms with Gasteiger partial charge in [-0.1, -0.05) is 42.5 Å². The fourth-order valence-electron chi connectivity index (χ4n) is 2.61. The van der Waals surface area contributed by atoms with Gasteiger partial charge in [0.2, 0.25) is 0 Å². The highest BCUT2D eigenvalue weighted by Gasteiger charge is 2.11. The molecule has 1 aromatic rings. The third kappa shape index (κ3) is 5.51. The Bertz CT molecular complexity index is 405. The van der Waals surface area contributed by atoms with Crippen LogP contribution in [0.5, 0.6) is 5.75 Å². The minimum Gasteiger partial charge on any atom is -0.492 e. The van der Waals surface area contributed by atoms with Crippen molar-refractivity contribution in [1.82, 2.24) is 5.32 Å². The number of halogens is 2. The molecular formula is C16H23Cl2NO. The summed E-state index contributed by atoms with van der Waals surface area (Å²) in [5.41, 5.74) is 0. The van der Waals surface area contributed by atoms with E-state index < -0.39 is 0 Å². The Hall–Kier alpha value is -0.440. The summed E-state index contributed by atoms with van der Waals surface area (Å²) in [6, 6.07) is 6.08. The van der Waals surface area contributed by atoms with Crippen LogP contribution < -0.4 is 10.1 Å². The van der Waals surface area contributed by atoms with Gasteiger partial charge in [0, 0.05) is 11.1 Å². The number of ether oxygens (including phenoxy) is 1. The summed E-state index contributed by atoms with van der Waals surface area (Å²) in [5.74, 6) is 0.719. The van der Waals surface area contributed by atoms with Crippen LogP contribution in [-0.2, 0) is 0 Å². The maximum Gasteiger partial charge on any atom is 0.137 e. The molecule has 1 fully saturated rings. The Morgan fingerprint density at radius 2 is 1.90 bits per heavy atom. The highest BCUT2D eigenvalue weighted by atomic mass is 35.5. The van der Waals surface area contributed by atoms with Gasteiger partial charge in [0.25, 0.3) is 0 Å². The number of unbranched alkanes of at least 4 members (excludes halogenated alkanes) is 1. The van der Waals surface area contributed by atoms with Gasteiger partial charge in [-0.3, -0.25) is 0 Å². The first-order valence-corrected chi connectivity index (χ1v) is 8.32. The molecule has 20 heavy (non-hydrogen) atoms. The van der Waals surface area contributed by atoms with Gasteiger partial charge in [0.1, 0.15) is 5.75 Å². The summed E-state index contributed by atoms with van der Waals surface area (Å²) in [5, 5.41) is 4.86. The van der Waals surface area contributed by atoms with Gasteiger partial charge in [-0.05, 0) is 50.4 Å². The predicted molar refractivity (Wildman–Crippen MR) is 86.1 cm³/mol. The van der Waals surface area contributed by atoms with Crippen LogP contribution >= 0.6 is 23.2 Å². The molecule has 0 amide bonds. The summed E-state index contributed by atoms with van der Waals surface area (Å²) in [4.78, 5) is 0. The molecule has 1 aliphatic rings. The van der Waals surface area contributed by atoms with E-state index in [1.165, 1.54) is 32.1 Å². The lowest BCUT2D eigenvalue weighted by Gasteiger charge is -2.22. The summed E-state index contributed by atoms with van der Waals surface area (Å²) < 4.78 is 5.67. The van der Waals surface area contributed by atoms with Crippen molar-refractivity contribution in [1.29, 1.82) is 0 Å². The monoisotopic (exact) mass is 315 g/mol. The summed E-state index contributed by atoms with van der Waals surface area (Å²) in [6.45, 7) is 1.79. The second kappa shape index (κ2) is 8.76. The smallest absolute Gasteiger partial charge is 0.137 e. The number of benzene rings is 1. The molecule has 0 heterocycles. The Morgan fingerprint density at radius 3 is 2.65 bits per heavy atom. The van der Waals surface area contributed by atoms with Crippen molar-refractivity contribution in [2.75, 3.05) is 13.2 Å². The van der Waals surface area contributed by atoms with Gasteiger partial charge in [-0.25, -0.2) is 0 Å². The normalized spacial score (nSPS) is 16.3. The quantitative estimate of drug-likeness (QED) is 0.709. The number of hydrogen-bond donors (Lipinski definition) is 1. The standard InChI is InChI=1S/C16H23Cl2NO/c17-13-8-9-16(15(18)12-13)20-11-5-4-10-19-14-6-2-1-3-7-14/h8-9,12,14,19H,1-7,10-11H2. The largest absolute Gasteiger partial charge is 0.492 e. The highest BCUT2D eigenvalue weighted by molar-refractivity contribution is 6.35. The summed E-state index contributed by atoms with van der Waals surface area (Å²) in [6.07, 6.45) is 9.05. The molecule has 0 bridgehead atoms. The van der Waals surface area contributed by atoms with Crippen LogP contribution in [0.4, 0.5) is 0 Å². The lowest BCUT2D eigenvalue weighted by Crippen LogP contribution is -2.31. The Balaban J connectivity index is 1.55. The third-order valence-electron chi connectivity index (χ3n) is 3.76. The first kappa shape index (κ1) is 15.9. The van der Waals surface area contributed by atoms with Gasteiger partial charge < -0.3 is 10.1 Å². The van der Waals surface area contributed by atoms with E-state index in [1.54, 1.807) is 12.1 Å². The van der Waals surface area contributed by atoms with Crippen LogP contribution in [0.3, 0.4) is 0 Å². The predicted octanol–water partition coefficient (Wildman–Crippen LogP) is 5.07. The van der Waals surface area contributed by atoms with Gasteiger partial charge in [-0.15, -0.1) is 0 Å². The van der Waals surface area contributed by atoms with Gasteiger partial charge in [0.15, 0.2) is 0 Å². The van der Waals surface area contributed by atoms with Gasteiger partial charge in [0.05, 0.1) is 11.6 Å². The molecule has 2 rings (SSSR count). The van der Waals surface area contributed by atoms with Crippen molar-refractivity contribution in [2.24, 2.45) is 0 Å². The number of rotatable bonds is 7. The SMILES string of the molecule is Clc1ccc(OCCCCNC2CCCCC2)c(Cl)c1. The molecule has 1 saturated carbocycles. The van der Waals surface area contributed by atoms with Crippen molar-refractivity contribution in [2.45, 2.75) is 51.0 Å². The molecule has 4 heteroatoms. The lowest BCUT2D eigenvalue weighted by atomic mass is 9.95. The highest BCUT2D eigenvalue weighted by Crippen LogP contribution is 2.27. The van der Waals surface area contributed by atoms with E-state index in [0.29, 0.717) is 16.7 Å². The Labute approximate surface area is 131 Å². The molecule has 0 aromatic heterocycles. The molecule has 1 N–H and O–H groups in total. The van der Waals surface area contributed by atoms with E-state index in [0.717, 1.165) is 31.2 Å². The zero-order valence-corrected chi connectivity index (χ0v) is 13.3. The topological polar surface area (TPSA) is 21.3 Å². The van der Waals surface area contributed by atoms with E-state index in [2.05, 4.69) is 5.32 Å². The summed E-state index contributed by atoms with van der Waals surface area (Å²) in [7, 11) is 0. The molecule has 1 aliphatic carbocycles. The van der Waals surface area contributed by atoms with Crippen LogP contribution in [0, 0.1) is 0 Å². The van der Waals surface area contributed by atoms with Crippen LogP contribution in [0.1, 0.15) is 44.9 Å². The fourth-order valence-corrected chi connectivity index (χ4v) is 3.08. The Morgan fingerprint density at radius 1 is 1.10 bits per heavy atom. The van der Waals surface area contributed by atoms with Crippen molar-refractivity contribution in [3.05, 3.63) is 28.2 Å². The molecular weight excluding hydrogens is 293 g/mol. The lowest BCUT2D eigenvalue weighted by molar-refractivity contribution is 0.301. The van der Waals surface area contributed by atoms with Crippen molar-refractivity contribution >= 4 is 23.2 Å². The van der Waals surface area contributed by atoms with Crippen LogP contribution in [0.15, 0.2) is 18.2 Å². The van der Waals surface area contributed by atoms with Gasteiger partial charge in [-0.2, -0.15) is 0 Å². The van der Waals surface area contributed by atoms with E-state index >= 15 is 0 Å². The molecule has 0 atom stereocenters. The maximum atomic E-state index is 6.05. The molecule has 0 aliphatic heterocycles. The first-order chi connectivity index (χ1) is 9.75. The first-order valence-electron chi connectivity index (χ1n) is 7.57. The second-order valence-corrected chi connectivity index (χ2v) is 6.26. The molecule has 1 aromatic carbocycles. The summed E-state index contributed by atoms with van der Waals surface area (Å²) >= 11 is 11.9. The molecule has 0 unspecified atom stereocenters. The molecule has 0 saturated heterocycles. The van der Waals surface area contributed by atoms with E-state index in [1.807, 2.05) is 6.07 Å². The van der Waals surface area contributed by atoms with Crippen molar-refractivity contribution < 1.29 is 4.74 Å². The van der Waals surface area contributed by atoms with E-state index in [9.17, 15) is 0 Å². The zero-order chi connectivity index (χ0) is 14.2. The van der Waals surface area contributed by atoms with Crippen LogP contribution in [-0.4, -0.2) is 19.2 Å². The van der Waals surface area contributed by atoms with E-state index in [4.69, 9.17) is 27.9 Å². The average molecular weight is 316 g/mol. The maximum absolute atomic E-state index is 6.05. The molecule has 0 radical (unpaired) electrons. The number of nitrogens with one attached hydrogen (secondary N) is 1. The van der Waals surface area contributed by atoms with Gasteiger partial charge >= 0.3 is 0 Å². The zero-order valence-electron chi connectivity index (χ0n) is 11.8. The molecule has 112 valence electrons. The van der Waals surface area contributed by atoms with Crippen molar-refractivity contribution in [3.8, 4) is 5.75 Å². The Kier molecular flexibility index (Phi) is 6.98. The molecule has 2 nitrogen and oxygen atoms in total. The minimum atomic E-state index is 0.581. The van der Waals surface area contributed by atoms with Crippen LogP contribution in [0.25, 0.3) is 0 Å².